The molecule has 5 heteroatoms. The van der Waals surface area contributed by atoms with Crippen LogP contribution in [0.1, 0.15) is 24.8 Å². The van der Waals surface area contributed by atoms with Crippen molar-refractivity contribution in [2.24, 2.45) is 5.73 Å². The van der Waals surface area contributed by atoms with Crippen LogP contribution in [0.5, 0.6) is 0 Å². The molecule has 1 fully saturated rings. The normalized spacial score (nSPS) is 14.7. The minimum absolute atomic E-state index is 0.175. The van der Waals surface area contributed by atoms with Crippen LogP contribution in [0.4, 0.5) is 0 Å². The summed E-state index contributed by atoms with van der Waals surface area (Å²) in [7, 11) is 0. The number of aromatic nitrogens is 4. The molecule has 0 atom stereocenters. The zero-order chi connectivity index (χ0) is 24.1. The van der Waals surface area contributed by atoms with Gasteiger partial charge >= 0.3 is 0 Å². The average Bonchev–Trinajstić information content (AvgIpc) is 3.37. The molecule has 36 heavy (non-hydrogen) atoms. The van der Waals surface area contributed by atoms with Gasteiger partial charge in [-0.1, -0.05) is 84.9 Å². The lowest BCUT2D eigenvalue weighted by atomic mass is 9.72. The number of pyridine rings is 2. The quantitative estimate of drug-likeness (QED) is 0.316. The molecule has 1 aliphatic carbocycles. The van der Waals surface area contributed by atoms with Gasteiger partial charge in [0, 0.05) is 22.2 Å². The maximum Gasteiger partial charge on any atom is 0.168 e. The molecule has 0 saturated heterocycles. The minimum Gasteiger partial charge on any atom is -0.321 e. The highest BCUT2D eigenvalue weighted by atomic mass is 15.2. The van der Waals surface area contributed by atoms with Gasteiger partial charge < -0.3 is 5.73 Å². The monoisotopic (exact) mass is 467 g/mol. The second-order valence-corrected chi connectivity index (χ2v) is 9.66. The van der Waals surface area contributed by atoms with Gasteiger partial charge in [0.1, 0.15) is 0 Å². The third-order valence-electron chi connectivity index (χ3n) is 7.45. The molecule has 3 heterocycles. The predicted molar refractivity (Wildman–Crippen MR) is 144 cm³/mol. The molecule has 174 valence electrons. The van der Waals surface area contributed by atoms with E-state index in [0.29, 0.717) is 0 Å². The molecule has 6 aromatic rings. The summed E-state index contributed by atoms with van der Waals surface area (Å²) >= 11 is 0. The topological polar surface area (TPSA) is 69.1 Å². The summed E-state index contributed by atoms with van der Waals surface area (Å²) in [6.45, 7) is 0. The van der Waals surface area contributed by atoms with E-state index in [0.717, 1.165) is 63.3 Å². The van der Waals surface area contributed by atoms with Crippen LogP contribution in [0, 0.1) is 0 Å². The third kappa shape index (κ3) is 3.32. The van der Waals surface area contributed by atoms with Crippen molar-refractivity contribution in [2.75, 3.05) is 0 Å². The summed E-state index contributed by atoms with van der Waals surface area (Å²) in [5, 5.41) is 8.97. The number of fused-ring (bicyclic) bond motifs is 3. The third-order valence-corrected chi connectivity index (χ3v) is 7.45. The summed E-state index contributed by atoms with van der Waals surface area (Å²) in [6, 6.07) is 35.5. The molecule has 7 rings (SSSR count). The average molecular weight is 468 g/mol. The lowest BCUT2D eigenvalue weighted by molar-refractivity contribution is 0.253. The van der Waals surface area contributed by atoms with Crippen molar-refractivity contribution in [3.05, 3.63) is 109 Å². The fourth-order valence-corrected chi connectivity index (χ4v) is 5.25. The molecule has 2 N–H and O–H groups in total. The highest BCUT2D eigenvalue weighted by Crippen LogP contribution is 2.40. The van der Waals surface area contributed by atoms with E-state index in [1.54, 1.807) is 0 Å². The molecule has 0 aliphatic heterocycles. The van der Waals surface area contributed by atoms with Gasteiger partial charge in [-0.15, -0.1) is 10.2 Å². The predicted octanol–water partition coefficient (Wildman–Crippen LogP) is 6.62. The molecule has 1 aliphatic rings. The molecule has 3 aromatic carbocycles. The van der Waals surface area contributed by atoms with E-state index in [2.05, 4.69) is 81.3 Å². The van der Waals surface area contributed by atoms with Crippen LogP contribution >= 0.6 is 0 Å². The fraction of sp³-hybridized carbons (Fsp3) is 0.129. The summed E-state index contributed by atoms with van der Waals surface area (Å²) in [6.07, 6.45) is 3.30. The van der Waals surface area contributed by atoms with Gasteiger partial charge in [-0.2, -0.15) is 0 Å². The van der Waals surface area contributed by atoms with Crippen LogP contribution in [0.3, 0.4) is 0 Å². The molecular weight excluding hydrogens is 442 g/mol. The Bertz CT molecular complexity index is 1700. The first-order valence-electron chi connectivity index (χ1n) is 12.4. The van der Waals surface area contributed by atoms with E-state index < -0.39 is 0 Å². The number of hydrogen-bond acceptors (Lipinski definition) is 4. The zero-order valence-corrected chi connectivity index (χ0v) is 19.8. The second kappa shape index (κ2) is 8.11. The summed E-state index contributed by atoms with van der Waals surface area (Å²) in [4.78, 5) is 5.20. The molecule has 0 unspecified atom stereocenters. The van der Waals surface area contributed by atoms with E-state index >= 15 is 0 Å². The minimum atomic E-state index is -0.175. The molecule has 0 spiro atoms. The molecular formula is C31H25N5. The van der Waals surface area contributed by atoms with Crippen LogP contribution in [-0.4, -0.2) is 19.6 Å². The van der Waals surface area contributed by atoms with Gasteiger partial charge in [-0.3, -0.25) is 4.40 Å². The SMILES string of the molecule is NC1(c2ccc(-c3nc4ccc5nnc(-c6ccccc6)n5c4cc3-c3ccccc3)cc2)CCC1. The standard InChI is InChI=1S/C31H25N5/c32-31(18-7-19-31)24-14-12-22(13-15-24)29-25(21-8-3-1-4-9-21)20-27-26(33-29)16-17-28-34-35-30(36(27)28)23-10-5-2-6-11-23/h1-6,8-17,20H,7,18-19,32H2. The van der Waals surface area contributed by atoms with Crippen LogP contribution in [0.15, 0.2) is 103 Å². The van der Waals surface area contributed by atoms with Gasteiger partial charge in [0.05, 0.1) is 16.7 Å². The number of rotatable bonds is 4. The highest BCUT2D eigenvalue weighted by molar-refractivity contribution is 5.92. The first-order valence-corrected chi connectivity index (χ1v) is 12.4. The van der Waals surface area contributed by atoms with Gasteiger partial charge in [0.15, 0.2) is 11.5 Å². The first-order chi connectivity index (χ1) is 17.7. The number of nitrogens with two attached hydrogens (primary N) is 1. The van der Waals surface area contributed by atoms with Crippen molar-refractivity contribution in [1.82, 2.24) is 19.6 Å². The Labute approximate surface area is 209 Å². The molecule has 0 bridgehead atoms. The molecule has 5 nitrogen and oxygen atoms in total. The van der Waals surface area contributed by atoms with Crippen molar-refractivity contribution in [1.29, 1.82) is 0 Å². The van der Waals surface area contributed by atoms with E-state index in [-0.39, 0.29) is 5.54 Å². The zero-order valence-electron chi connectivity index (χ0n) is 19.8. The number of benzene rings is 3. The molecule has 3 aromatic heterocycles. The van der Waals surface area contributed by atoms with Crippen LogP contribution in [0.25, 0.3) is 50.5 Å². The fourth-order valence-electron chi connectivity index (χ4n) is 5.25. The van der Waals surface area contributed by atoms with E-state index in [1.807, 2.05) is 36.4 Å². The van der Waals surface area contributed by atoms with Crippen molar-refractivity contribution < 1.29 is 0 Å². The van der Waals surface area contributed by atoms with E-state index in [1.165, 1.54) is 12.0 Å². The van der Waals surface area contributed by atoms with E-state index in [9.17, 15) is 0 Å². The Hall–Kier alpha value is -4.35. The Kier molecular flexibility index (Phi) is 4.72. The largest absolute Gasteiger partial charge is 0.321 e. The Balaban J connectivity index is 1.47. The second-order valence-electron chi connectivity index (χ2n) is 9.66. The first kappa shape index (κ1) is 21.0. The van der Waals surface area contributed by atoms with Crippen LogP contribution < -0.4 is 5.73 Å². The van der Waals surface area contributed by atoms with Gasteiger partial charge in [0.25, 0.3) is 0 Å². The Morgan fingerprint density at radius 2 is 1.39 bits per heavy atom. The molecule has 0 amide bonds. The molecule has 1 saturated carbocycles. The Morgan fingerprint density at radius 3 is 2.06 bits per heavy atom. The van der Waals surface area contributed by atoms with Crippen molar-refractivity contribution in [3.8, 4) is 33.8 Å². The van der Waals surface area contributed by atoms with Crippen molar-refractivity contribution in [3.63, 3.8) is 0 Å². The van der Waals surface area contributed by atoms with Gasteiger partial charge in [-0.25, -0.2) is 4.98 Å². The highest BCUT2D eigenvalue weighted by Gasteiger charge is 2.34. The maximum atomic E-state index is 6.58. The van der Waals surface area contributed by atoms with Crippen molar-refractivity contribution in [2.45, 2.75) is 24.8 Å². The smallest absolute Gasteiger partial charge is 0.168 e. The summed E-state index contributed by atoms with van der Waals surface area (Å²) < 4.78 is 2.10. The van der Waals surface area contributed by atoms with Crippen LogP contribution in [0.2, 0.25) is 0 Å². The van der Waals surface area contributed by atoms with Crippen LogP contribution in [-0.2, 0) is 5.54 Å². The summed E-state index contributed by atoms with van der Waals surface area (Å²) in [5.74, 6) is 0.808. The lowest BCUT2D eigenvalue weighted by Crippen LogP contribution is -2.43. The van der Waals surface area contributed by atoms with Gasteiger partial charge in [0.2, 0.25) is 0 Å². The maximum absolute atomic E-state index is 6.58. The molecule has 0 radical (unpaired) electrons. The number of hydrogen-bond donors (Lipinski definition) is 1. The van der Waals surface area contributed by atoms with Gasteiger partial charge in [-0.05, 0) is 48.6 Å². The lowest BCUT2D eigenvalue weighted by Gasteiger charge is -2.38. The summed E-state index contributed by atoms with van der Waals surface area (Å²) in [5.41, 5.74) is 15.5. The van der Waals surface area contributed by atoms with Crippen molar-refractivity contribution >= 4 is 16.7 Å². The number of nitrogens with zero attached hydrogens (tertiary/aromatic N) is 4. The van der Waals surface area contributed by atoms with E-state index in [4.69, 9.17) is 10.7 Å². The Morgan fingerprint density at radius 1 is 0.694 bits per heavy atom.